The standard InChI is InChI=1S/C21H17F3N4O2/c1-20(30,19(26)29)18(14-7-8-15(10-25)17(9-14)21(22,23)24)28-12-16(11-27-28)13-5-3-2-4-6-13/h2-9,11-12,18,30H,1H3,(H2,26,29). The average molecular weight is 414 g/mol. The maximum atomic E-state index is 13.4. The van der Waals surface area contributed by atoms with Gasteiger partial charge in [0.15, 0.2) is 5.60 Å². The minimum absolute atomic E-state index is 0.0761. The fourth-order valence-electron chi connectivity index (χ4n) is 3.19. The first-order valence-electron chi connectivity index (χ1n) is 8.78. The maximum Gasteiger partial charge on any atom is 0.417 e. The lowest BCUT2D eigenvalue weighted by Crippen LogP contribution is -2.48. The van der Waals surface area contributed by atoms with Crippen LogP contribution in [-0.2, 0) is 11.0 Å². The Morgan fingerprint density at radius 3 is 2.43 bits per heavy atom. The van der Waals surface area contributed by atoms with Gasteiger partial charge in [0.1, 0.15) is 6.04 Å². The van der Waals surface area contributed by atoms with Gasteiger partial charge in [-0.15, -0.1) is 0 Å². The first kappa shape index (κ1) is 21.1. The number of rotatable bonds is 5. The molecule has 1 amide bonds. The van der Waals surface area contributed by atoms with E-state index in [2.05, 4.69) is 5.10 Å². The Morgan fingerprint density at radius 2 is 1.87 bits per heavy atom. The summed E-state index contributed by atoms with van der Waals surface area (Å²) in [5, 5.41) is 23.9. The summed E-state index contributed by atoms with van der Waals surface area (Å²) in [5.74, 6) is -1.14. The van der Waals surface area contributed by atoms with Crippen LogP contribution in [0.5, 0.6) is 0 Å². The smallest absolute Gasteiger partial charge is 0.378 e. The van der Waals surface area contributed by atoms with E-state index in [1.54, 1.807) is 12.1 Å². The van der Waals surface area contributed by atoms with Crippen LogP contribution in [0.3, 0.4) is 0 Å². The Kier molecular flexibility index (Phi) is 5.37. The lowest BCUT2D eigenvalue weighted by Gasteiger charge is -2.31. The summed E-state index contributed by atoms with van der Waals surface area (Å²) in [7, 11) is 0. The predicted molar refractivity (Wildman–Crippen MR) is 102 cm³/mol. The number of nitrogens with zero attached hydrogens (tertiary/aromatic N) is 3. The number of nitrogens with two attached hydrogens (primary N) is 1. The van der Waals surface area contributed by atoms with Crippen molar-refractivity contribution < 1.29 is 23.1 Å². The molecule has 2 unspecified atom stereocenters. The van der Waals surface area contributed by atoms with Gasteiger partial charge < -0.3 is 10.8 Å². The molecule has 0 saturated heterocycles. The molecule has 0 bridgehead atoms. The molecule has 1 aromatic heterocycles. The Morgan fingerprint density at radius 1 is 1.20 bits per heavy atom. The molecule has 0 spiro atoms. The SMILES string of the molecule is CC(O)(C(N)=O)C(c1ccc(C#N)c(C(F)(F)F)c1)n1cc(-c2ccccc2)cn1. The van der Waals surface area contributed by atoms with Crippen LogP contribution in [0.2, 0.25) is 0 Å². The van der Waals surface area contributed by atoms with E-state index < -0.39 is 34.9 Å². The third-order valence-electron chi connectivity index (χ3n) is 4.79. The monoisotopic (exact) mass is 414 g/mol. The van der Waals surface area contributed by atoms with E-state index in [1.807, 2.05) is 18.2 Å². The minimum atomic E-state index is -4.80. The van der Waals surface area contributed by atoms with Gasteiger partial charge in [0.05, 0.1) is 23.4 Å². The second-order valence-electron chi connectivity index (χ2n) is 6.90. The van der Waals surface area contributed by atoms with Crippen molar-refractivity contribution in [3.8, 4) is 17.2 Å². The number of benzene rings is 2. The first-order valence-corrected chi connectivity index (χ1v) is 8.78. The lowest BCUT2D eigenvalue weighted by atomic mass is 9.87. The van der Waals surface area contributed by atoms with Crippen LogP contribution in [0.15, 0.2) is 60.9 Å². The highest BCUT2D eigenvalue weighted by Gasteiger charge is 2.42. The highest BCUT2D eigenvalue weighted by molar-refractivity contribution is 5.84. The molecule has 0 aliphatic heterocycles. The van der Waals surface area contributed by atoms with E-state index in [4.69, 9.17) is 11.0 Å². The third kappa shape index (κ3) is 3.90. The van der Waals surface area contributed by atoms with Gasteiger partial charge >= 0.3 is 6.18 Å². The predicted octanol–water partition coefficient (Wildman–Crippen LogP) is 3.27. The molecule has 0 fully saturated rings. The van der Waals surface area contributed by atoms with Crippen LogP contribution in [0.1, 0.15) is 29.7 Å². The molecule has 0 radical (unpaired) electrons. The number of hydrogen-bond donors (Lipinski definition) is 2. The third-order valence-corrected chi connectivity index (χ3v) is 4.79. The summed E-state index contributed by atoms with van der Waals surface area (Å²) >= 11 is 0. The van der Waals surface area contributed by atoms with Crippen molar-refractivity contribution in [3.05, 3.63) is 77.6 Å². The fourth-order valence-corrected chi connectivity index (χ4v) is 3.19. The van der Waals surface area contributed by atoms with Gasteiger partial charge in [-0.2, -0.15) is 23.5 Å². The molecule has 30 heavy (non-hydrogen) atoms. The maximum absolute atomic E-state index is 13.4. The summed E-state index contributed by atoms with van der Waals surface area (Å²) in [6.07, 6.45) is -1.83. The molecule has 9 heteroatoms. The molecule has 3 rings (SSSR count). The Bertz CT molecular complexity index is 1120. The molecule has 2 aromatic carbocycles. The van der Waals surface area contributed by atoms with Crippen molar-refractivity contribution in [1.29, 1.82) is 5.26 Å². The van der Waals surface area contributed by atoms with Crippen molar-refractivity contribution in [1.82, 2.24) is 9.78 Å². The second kappa shape index (κ2) is 7.65. The van der Waals surface area contributed by atoms with Crippen LogP contribution in [-0.4, -0.2) is 26.4 Å². The van der Waals surface area contributed by atoms with Gasteiger partial charge in [-0.1, -0.05) is 36.4 Å². The number of aliphatic hydroxyl groups is 1. The summed E-state index contributed by atoms with van der Waals surface area (Å²) < 4.78 is 41.5. The van der Waals surface area contributed by atoms with Gasteiger partial charge in [-0.05, 0) is 30.2 Å². The molecule has 0 aliphatic carbocycles. The van der Waals surface area contributed by atoms with Crippen LogP contribution < -0.4 is 5.73 Å². The lowest BCUT2D eigenvalue weighted by molar-refractivity contribution is -0.138. The zero-order valence-corrected chi connectivity index (χ0v) is 15.8. The van der Waals surface area contributed by atoms with Crippen molar-refractivity contribution in [2.24, 2.45) is 5.73 Å². The first-order chi connectivity index (χ1) is 14.1. The van der Waals surface area contributed by atoms with Crippen molar-refractivity contribution in [2.75, 3.05) is 0 Å². The van der Waals surface area contributed by atoms with Gasteiger partial charge in [-0.25, -0.2) is 0 Å². The molecule has 154 valence electrons. The second-order valence-corrected chi connectivity index (χ2v) is 6.90. The zero-order chi connectivity index (χ0) is 22.1. The number of primary amides is 1. The fraction of sp³-hybridized carbons (Fsp3) is 0.190. The highest BCUT2D eigenvalue weighted by atomic mass is 19.4. The van der Waals surface area contributed by atoms with Crippen LogP contribution in [0, 0.1) is 11.3 Å². The molecule has 6 nitrogen and oxygen atoms in total. The van der Waals surface area contributed by atoms with Crippen molar-refractivity contribution in [3.63, 3.8) is 0 Å². The molecule has 0 aliphatic rings. The Labute approximate surface area is 170 Å². The summed E-state index contributed by atoms with van der Waals surface area (Å²) in [4.78, 5) is 11.9. The number of carbonyl (C=O) groups excluding carboxylic acids is 1. The minimum Gasteiger partial charge on any atom is -0.378 e. The van der Waals surface area contributed by atoms with E-state index in [9.17, 15) is 23.1 Å². The van der Waals surface area contributed by atoms with E-state index >= 15 is 0 Å². The van der Waals surface area contributed by atoms with E-state index in [1.165, 1.54) is 29.2 Å². The van der Waals surface area contributed by atoms with Gasteiger partial charge in [-0.3, -0.25) is 9.48 Å². The summed E-state index contributed by atoms with van der Waals surface area (Å²) in [6.45, 7) is 1.11. The molecule has 0 saturated carbocycles. The van der Waals surface area contributed by atoms with Crippen LogP contribution >= 0.6 is 0 Å². The van der Waals surface area contributed by atoms with Gasteiger partial charge in [0.25, 0.3) is 5.91 Å². The normalized spacial score (nSPS) is 14.5. The van der Waals surface area contributed by atoms with E-state index in [0.717, 1.165) is 24.6 Å². The van der Waals surface area contributed by atoms with Crippen molar-refractivity contribution >= 4 is 5.91 Å². The molecular weight excluding hydrogens is 397 g/mol. The molecular formula is C21H17F3N4O2. The quantitative estimate of drug-likeness (QED) is 0.669. The average Bonchev–Trinajstić information content (AvgIpc) is 3.17. The number of alkyl halides is 3. The molecule has 3 aromatic rings. The number of nitriles is 1. The topological polar surface area (TPSA) is 105 Å². The van der Waals surface area contributed by atoms with Gasteiger partial charge in [0, 0.05) is 11.8 Å². The number of aromatic nitrogens is 2. The molecule has 3 N–H and O–H groups in total. The molecule has 2 atom stereocenters. The Balaban J connectivity index is 2.18. The number of carbonyl (C=O) groups is 1. The largest absolute Gasteiger partial charge is 0.417 e. The summed E-state index contributed by atoms with van der Waals surface area (Å²) in [6, 6.07) is 12.1. The number of halogens is 3. The summed E-state index contributed by atoms with van der Waals surface area (Å²) in [5.41, 5.74) is 2.66. The number of amides is 1. The van der Waals surface area contributed by atoms with Gasteiger partial charge in [0.2, 0.25) is 0 Å². The number of hydrogen-bond acceptors (Lipinski definition) is 4. The molecule has 1 heterocycles. The van der Waals surface area contributed by atoms with Crippen LogP contribution in [0.25, 0.3) is 11.1 Å². The zero-order valence-electron chi connectivity index (χ0n) is 15.8. The van der Waals surface area contributed by atoms with E-state index in [-0.39, 0.29) is 5.56 Å². The van der Waals surface area contributed by atoms with E-state index in [0.29, 0.717) is 5.56 Å². The highest BCUT2D eigenvalue weighted by Crippen LogP contribution is 2.37. The van der Waals surface area contributed by atoms with Crippen LogP contribution in [0.4, 0.5) is 13.2 Å². The van der Waals surface area contributed by atoms with Crippen molar-refractivity contribution in [2.45, 2.75) is 24.7 Å². The Hall–Kier alpha value is -3.64.